The Balaban J connectivity index is 1.61. The number of nitrogens with zero attached hydrogens (tertiary/aromatic N) is 3. The van der Waals surface area contributed by atoms with Gasteiger partial charge in [-0.3, -0.25) is 19.1 Å². The van der Waals surface area contributed by atoms with Gasteiger partial charge in [0.2, 0.25) is 0 Å². The molecule has 0 bridgehead atoms. The van der Waals surface area contributed by atoms with Crippen LogP contribution in [0.25, 0.3) is 0 Å². The highest BCUT2D eigenvalue weighted by atomic mass is 32.1. The first-order chi connectivity index (χ1) is 17.5. The molecule has 1 saturated carbocycles. The fourth-order valence-corrected chi connectivity index (χ4v) is 6.13. The Morgan fingerprint density at radius 2 is 1.70 bits per heavy atom. The average Bonchev–Trinajstić information content (AvgIpc) is 3.38. The third-order valence-electron chi connectivity index (χ3n) is 7.25. The molecule has 4 rings (SSSR count). The number of Topliss-reactive ketones (excluding diaryl/α,β-unsaturated/α-hetero) is 2. The average molecular weight is 528 g/mol. The number of amides is 1. The number of halogens is 2. The van der Waals surface area contributed by atoms with Gasteiger partial charge >= 0.3 is 0 Å². The molecule has 3 aromatic rings. The predicted molar refractivity (Wildman–Crippen MR) is 138 cm³/mol. The van der Waals surface area contributed by atoms with E-state index in [1.54, 1.807) is 6.92 Å². The summed E-state index contributed by atoms with van der Waals surface area (Å²) < 4.78 is 29.6. The molecule has 1 aliphatic carbocycles. The lowest BCUT2D eigenvalue weighted by Gasteiger charge is -2.28. The normalized spacial score (nSPS) is 17.6. The highest BCUT2D eigenvalue weighted by molar-refractivity contribution is 7.10. The molecular formula is C28H31F2N3O3S. The van der Waals surface area contributed by atoms with Gasteiger partial charge in [-0.15, -0.1) is 11.3 Å². The maximum absolute atomic E-state index is 13.9. The van der Waals surface area contributed by atoms with Gasteiger partial charge in [0.15, 0.2) is 5.78 Å². The minimum absolute atomic E-state index is 0.0745. The van der Waals surface area contributed by atoms with E-state index in [0.717, 1.165) is 42.2 Å². The first-order valence-corrected chi connectivity index (χ1v) is 13.3. The first kappa shape index (κ1) is 26.9. The van der Waals surface area contributed by atoms with Crippen LogP contribution in [0, 0.1) is 38.3 Å². The van der Waals surface area contributed by atoms with Crippen molar-refractivity contribution in [2.24, 2.45) is 5.92 Å². The number of rotatable bonds is 8. The summed E-state index contributed by atoms with van der Waals surface area (Å²) in [6.07, 6.45) is 4.66. The Bertz CT molecular complexity index is 1300. The largest absolute Gasteiger partial charge is 0.327 e. The molecule has 0 radical (unpaired) electrons. The number of carbonyl (C=O) groups excluding carboxylic acids is 3. The molecule has 0 unspecified atom stereocenters. The summed E-state index contributed by atoms with van der Waals surface area (Å²) in [5, 5.41) is 6.38. The summed E-state index contributed by atoms with van der Waals surface area (Å²) >= 11 is 1.46. The van der Waals surface area contributed by atoms with Gasteiger partial charge in [0, 0.05) is 34.7 Å². The lowest BCUT2D eigenvalue weighted by Crippen LogP contribution is -2.36. The molecule has 0 aliphatic heterocycles. The molecule has 1 aromatic carbocycles. The second kappa shape index (κ2) is 11.0. The molecule has 1 amide bonds. The quantitative estimate of drug-likeness (QED) is 0.337. The molecule has 2 heterocycles. The van der Waals surface area contributed by atoms with Gasteiger partial charge in [-0.1, -0.05) is 0 Å². The van der Waals surface area contributed by atoms with E-state index in [-0.39, 0.29) is 42.2 Å². The molecule has 1 aliphatic rings. The van der Waals surface area contributed by atoms with E-state index in [4.69, 9.17) is 0 Å². The summed E-state index contributed by atoms with van der Waals surface area (Å²) in [5.74, 6) is -1.87. The van der Waals surface area contributed by atoms with E-state index in [2.05, 4.69) is 5.10 Å². The van der Waals surface area contributed by atoms with Crippen molar-refractivity contribution in [2.75, 3.05) is 6.54 Å². The number of thiophene rings is 1. The number of hydrogen-bond acceptors (Lipinski definition) is 5. The van der Waals surface area contributed by atoms with Gasteiger partial charge in [0.05, 0.1) is 24.3 Å². The molecule has 0 N–H and O–H groups in total. The Hall–Kier alpha value is -3.20. The lowest BCUT2D eigenvalue weighted by atomic mass is 9.84. The summed E-state index contributed by atoms with van der Waals surface area (Å²) in [6.45, 7) is 6.78. The van der Waals surface area contributed by atoms with Crippen molar-refractivity contribution < 1.29 is 23.2 Å². The third-order valence-corrected chi connectivity index (χ3v) is 8.28. The molecule has 0 atom stereocenters. The Labute approximate surface area is 219 Å². The van der Waals surface area contributed by atoms with Crippen LogP contribution < -0.4 is 0 Å². The van der Waals surface area contributed by atoms with Gasteiger partial charge in [0.1, 0.15) is 17.4 Å². The maximum atomic E-state index is 13.9. The smallest absolute Gasteiger partial charge is 0.258 e. The molecule has 0 saturated heterocycles. The van der Waals surface area contributed by atoms with Crippen LogP contribution in [0.4, 0.5) is 8.78 Å². The van der Waals surface area contributed by atoms with Crippen LogP contribution in [0.2, 0.25) is 0 Å². The van der Waals surface area contributed by atoms with Crippen LogP contribution >= 0.6 is 11.3 Å². The van der Waals surface area contributed by atoms with Gasteiger partial charge in [-0.25, -0.2) is 8.78 Å². The second-order valence-electron chi connectivity index (χ2n) is 9.92. The predicted octanol–water partition coefficient (Wildman–Crippen LogP) is 5.99. The molecule has 6 nitrogen and oxygen atoms in total. The highest BCUT2D eigenvalue weighted by Gasteiger charge is 2.30. The minimum atomic E-state index is -0.747. The number of ketones is 2. The number of aromatic nitrogens is 2. The summed E-state index contributed by atoms with van der Waals surface area (Å²) in [6, 6.07) is 3.19. The van der Waals surface area contributed by atoms with Crippen LogP contribution in [0.3, 0.4) is 0 Å². The first-order valence-electron chi connectivity index (χ1n) is 12.4. The van der Waals surface area contributed by atoms with Crippen molar-refractivity contribution in [1.29, 1.82) is 0 Å². The van der Waals surface area contributed by atoms with Crippen LogP contribution in [0.5, 0.6) is 0 Å². The maximum Gasteiger partial charge on any atom is 0.258 e. The Kier molecular flexibility index (Phi) is 8.02. The van der Waals surface area contributed by atoms with E-state index in [1.165, 1.54) is 34.6 Å². The van der Waals surface area contributed by atoms with Crippen molar-refractivity contribution in [1.82, 2.24) is 14.7 Å². The van der Waals surface area contributed by atoms with Crippen molar-refractivity contribution in [2.45, 2.75) is 66.0 Å². The van der Waals surface area contributed by atoms with E-state index >= 15 is 0 Å². The standard InChI is InChI=1S/C28H31F2N3O3S/c1-16-15-37-19(4)27(16)26(35)14-32(13-20-9-22(29)11-23(30)10-20)28(36)25-12-31-33(17(25)2)24-7-5-21(6-8-24)18(3)34/h9-12,15,21,24H,5-8,13-14H2,1-4H3/t21-,24-. The molecule has 37 heavy (non-hydrogen) atoms. The van der Waals surface area contributed by atoms with Gasteiger partial charge < -0.3 is 4.90 Å². The second-order valence-corrected chi connectivity index (χ2v) is 11.0. The zero-order valence-corrected chi connectivity index (χ0v) is 22.3. The van der Waals surface area contributed by atoms with Gasteiger partial charge in [-0.05, 0) is 82.0 Å². The van der Waals surface area contributed by atoms with Crippen LogP contribution in [0.1, 0.15) is 81.1 Å². The Morgan fingerprint density at radius 3 is 2.27 bits per heavy atom. The summed E-state index contributed by atoms with van der Waals surface area (Å²) in [7, 11) is 0. The van der Waals surface area contributed by atoms with Crippen molar-refractivity contribution in [3.8, 4) is 0 Å². The van der Waals surface area contributed by atoms with Gasteiger partial charge in [-0.2, -0.15) is 5.10 Å². The summed E-state index contributed by atoms with van der Waals surface area (Å²) in [5.41, 5.74) is 2.67. The highest BCUT2D eigenvalue weighted by Crippen LogP contribution is 2.33. The zero-order valence-electron chi connectivity index (χ0n) is 21.5. The number of hydrogen-bond donors (Lipinski definition) is 0. The Morgan fingerprint density at radius 1 is 1.05 bits per heavy atom. The fraction of sp³-hybridized carbons (Fsp3) is 0.429. The van der Waals surface area contributed by atoms with Crippen molar-refractivity contribution in [3.63, 3.8) is 0 Å². The molecule has 1 fully saturated rings. The molecule has 0 spiro atoms. The van der Waals surface area contributed by atoms with Crippen molar-refractivity contribution in [3.05, 3.63) is 74.2 Å². The zero-order chi connectivity index (χ0) is 26.9. The van der Waals surface area contributed by atoms with E-state index in [9.17, 15) is 23.2 Å². The molecule has 2 aromatic heterocycles. The third kappa shape index (κ3) is 5.87. The molecular weight excluding hydrogens is 496 g/mol. The van der Waals surface area contributed by atoms with Crippen LogP contribution in [-0.4, -0.2) is 38.7 Å². The minimum Gasteiger partial charge on any atom is -0.327 e. The monoisotopic (exact) mass is 527 g/mol. The summed E-state index contributed by atoms with van der Waals surface area (Å²) in [4.78, 5) is 40.9. The van der Waals surface area contributed by atoms with Gasteiger partial charge in [0.25, 0.3) is 5.91 Å². The van der Waals surface area contributed by atoms with E-state index in [0.29, 0.717) is 16.8 Å². The number of aryl methyl sites for hydroxylation is 2. The molecule has 196 valence electrons. The number of carbonyl (C=O) groups is 3. The van der Waals surface area contributed by atoms with Crippen LogP contribution in [0.15, 0.2) is 29.8 Å². The fourth-order valence-electron chi connectivity index (χ4n) is 5.26. The SMILES string of the molecule is Cc1csc(C)c1C(=O)CN(Cc1cc(F)cc(F)c1)C(=O)c1cnn([C@H]2CC[C@H](C(C)=O)CC2)c1C. The lowest BCUT2D eigenvalue weighted by molar-refractivity contribution is -0.121. The number of benzene rings is 1. The van der Waals surface area contributed by atoms with E-state index in [1.807, 2.05) is 30.8 Å². The van der Waals surface area contributed by atoms with E-state index < -0.39 is 17.5 Å². The van der Waals surface area contributed by atoms with Crippen molar-refractivity contribution >= 4 is 28.8 Å². The molecule has 9 heteroatoms. The van der Waals surface area contributed by atoms with Crippen LogP contribution in [-0.2, 0) is 11.3 Å². The topological polar surface area (TPSA) is 72.3 Å².